The lowest BCUT2D eigenvalue weighted by atomic mass is 9.64. The van der Waals surface area contributed by atoms with Gasteiger partial charge in [-0.2, -0.15) is 0 Å². The summed E-state index contributed by atoms with van der Waals surface area (Å²) >= 11 is 0. The molecule has 2 nitrogen and oxygen atoms in total. The molecule has 0 aromatic heterocycles. The van der Waals surface area contributed by atoms with E-state index in [1.807, 2.05) is 6.92 Å². The Labute approximate surface area is 130 Å². The van der Waals surface area contributed by atoms with Crippen LogP contribution in [-0.2, 0) is 0 Å². The average molecular weight is 289 g/mol. The van der Waals surface area contributed by atoms with E-state index in [9.17, 15) is 0 Å². The highest BCUT2D eigenvalue weighted by Crippen LogP contribution is 2.46. The third-order valence-electron chi connectivity index (χ3n) is 5.14. The fraction of sp³-hybridized carbons (Fsp3) is 0.684. The largest absolute Gasteiger partial charge is 0.494 e. The molecule has 1 fully saturated rings. The summed E-state index contributed by atoms with van der Waals surface area (Å²) in [6.07, 6.45) is 3.84. The summed E-state index contributed by atoms with van der Waals surface area (Å²) in [7, 11) is 0. The van der Waals surface area contributed by atoms with Crippen molar-refractivity contribution in [3.8, 4) is 5.75 Å². The molecule has 21 heavy (non-hydrogen) atoms. The van der Waals surface area contributed by atoms with Crippen molar-refractivity contribution in [3.63, 3.8) is 0 Å². The summed E-state index contributed by atoms with van der Waals surface area (Å²) in [4.78, 5) is 0. The molecule has 2 heteroatoms. The van der Waals surface area contributed by atoms with Crippen molar-refractivity contribution in [2.45, 2.75) is 52.9 Å². The van der Waals surface area contributed by atoms with Gasteiger partial charge in [-0.15, -0.1) is 0 Å². The van der Waals surface area contributed by atoms with E-state index in [0.717, 1.165) is 24.8 Å². The van der Waals surface area contributed by atoms with E-state index >= 15 is 0 Å². The van der Waals surface area contributed by atoms with Crippen molar-refractivity contribution in [1.82, 2.24) is 0 Å². The Bertz CT molecular complexity index is 432. The molecule has 3 atom stereocenters. The van der Waals surface area contributed by atoms with Crippen LogP contribution in [0, 0.1) is 17.3 Å². The predicted molar refractivity (Wildman–Crippen MR) is 89.7 cm³/mol. The van der Waals surface area contributed by atoms with Gasteiger partial charge >= 0.3 is 0 Å². The Morgan fingerprint density at radius 1 is 1.14 bits per heavy atom. The van der Waals surface area contributed by atoms with Crippen LogP contribution in [0.5, 0.6) is 5.75 Å². The third-order valence-corrected chi connectivity index (χ3v) is 5.14. The molecule has 0 radical (unpaired) electrons. The number of nitrogens with two attached hydrogens (primary N) is 1. The van der Waals surface area contributed by atoms with Crippen LogP contribution in [0.4, 0.5) is 0 Å². The summed E-state index contributed by atoms with van der Waals surface area (Å²) in [5.74, 6) is 2.98. The van der Waals surface area contributed by atoms with E-state index in [4.69, 9.17) is 10.5 Å². The second-order valence-electron chi connectivity index (χ2n) is 7.48. The first-order chi connectivity index (χ1) is 9.95. The van der Waals surface area contributed by atoms with E-state index in [1.165, 1.54) is 24.8 Å². The van der Waals surface area contributed by atoms with E-state index in [1.54, 1.807) is 0 Å². The number of ether oxygens (including phenoxy) is 1. The first-order valence-corrected chi connectivity index (χ1v) is 8.38. The Balaban J connectivity index is 2.16. The number of rotatable bonds is 4. The van der Waals surface area contributed by atoms with Crippen LogP contribution in [0.15, 0.2) is 24.3 Å². The number of benzene rings is 1. The van der Waals surface area contributed by atoms with Crippen LogP contribution in [0.3, 0.4) is 0 Å². The Morgan fingerprint density at radius 2 is 1.81 bits per heavy atom. The van der Waals surface area contributed by atoms with Crippen molar-refractivity contribution < 1.29 is 4.74 Å². The van der Waals surface area contributed by atoms with Gasteiger partial charge in [-0.1, -0.05) is 32.9 Å². The molecule has 3 unspecified atom stereocenters. The molecule has 1 aromatic carbocycles. The van der Waals surface area contributed by atoms with Crippen LogP contribution in [-0.4, -0.2) is 13.2 Å². The van der Waals surface area contributed by atoms with Crippen LogP contribution in [0.25, 0.3) is 0 Å². The summed E-state index contributed by atoms with van der Waals surface area (Å²) in [5.41, 5.74) is 7.86. The zero-order valence-corrected chi connectivity index (χ0v) is 14.1. The minimum Gasteiger partial charge on any atom is -0.494 e. The van der Waals surface area contributed by atoms with Crippen LogP contribution in [0.2, 0.25) is 0 Å². The van der Waals surface area contributed by atoms with E-state index in [-0.39, 0.29) is 0 Å². The summed E-state index contributed by atoms with van der Waals surface area (Å²) < 4.78 is 5.55. The van der Waals surface area contributed by atoms with Gasteiger partial charge in [0.05, 0.1) is 6.61 Å². The normalized spacial score (nSPS) is 26.6. The van der Waals surface area contributed by atoms with Gasteiger partial charge in [0.15, 0.2) is 0 Å². The van der Waals surface area contributed by atoms with Crippen LogP contribution >= 0.6 is 0 Å². The molecule has 0 amide bonds. The van der Waals surface area contributed by atoms with Gasteiger partial charge in [0.2, 0.25) is 0 Å². The Morgan fingerprint density at radius 3 is 2.33 bits per heavy atom. The molecular formula is C19H31NO. The standard InChI is InChI=1S/C19H31NO/c1-5-21-17-10-7-14(8-11-17)18-12-16(19(2,3)4)9-6-15(18)13-20/h7-8,10-11,15-16,18H,5-6,9,12-13,20H2,1-4H3. The molecular weight excluding hydrogens is 258 g/mol. The summed E-state index contributed by atoms with van der Waals surface area (Å²) in [6.45, 7) is 10.7. The molecule has 2 N–H and O–H groups in total. The molecule has 0 aliphatic heterocycles. The van der Waals surface area contributed by atoms with Gasteiger partial charge in [0.1, 0.15) is 5.75 Å². The van der Waals surface area contributed by atoms with E-state index in [0.29, 0.717) is 17.3 Å². The van der Waals surface area contributed by atoms with E-state index in [2.05, 4.69) is 45.0 Å². The third kappa shape index (κ3) is 4.00. The monoisotopic (exact) mass is 289 g/mol. The minimum atomic E-state index is 0.392. The fourth-order valence-electron chi connectivity index (χ4n) is 3.69. The second-order valence-corrected chi connectivity index (χ2v) is 7.48. The molecule has 118 valence electrons. The minimum absolute atomic E-state index is 0.392. The molecule has 0 saturated heterocycles. The van der Waals surface area contributed by atoms with Gasteiger partial charge < -0.3 is 10.5 Å². The topological polar surface area (TPSA) is 35.2 Å². The van der Waals surface area contributed by atoms with Gasteiger partial charge in [-0.25, -0.2) is 0 Å². The first kappa shape index (κ1) is 16.4. The zero-order valence-electron chi connectivity index (χ0n) is 14.1. The number of hydrogen-bond acceptors (Lipinski definition) is 2. The zero-order chi connectivity index (χ0) is 15.5. The van der Waals surface area contributed by atoms with Crippen LogP contribution < -0.4 is 10.5 Å². The number of hydrogen-bond donors (Lipinski definition) is 1. The lowest BCUT2D eigenvalue weighted by Gasteiger charge is -2.42. The fourth-order valence-corrected chi connectivity index (χ4v) is 3.69. The SMILES string of the molecule is CCOc1ccc(C2CC(C(C)(C)C)CCC2CN)cc1. The first-order valence-electron chi connectivity index (χ1n) is 8.38. The average Bonchev–Trinajstić information content (AvgIpc) is 2.47. The lowest BCUT2D eigenvalue weighted by molar-refractivity contribution is 0.133. The molecule has 2 rings (SSSR count). The van der Waals surface area contributed by atoms with Crippen molar-refractivity contribution in [2.24, 2.45) is 23.0 Å². The predicted octanol–water partition coefficient (Wildman–Crippen LogP) is 4.59. The Hall–Kier alpha value is -1.02. The maximum absolute atomic E-state index is 6.04. The highest BCUT2D eigenvalue weighted by Gasteiger charge is 2.35. The molecule has 0 bridgehead atoms. The maximum Gasteiger partial charge on any atom is 0.119 e. The second kappa shape index (κ2) is 6.83. The highest BCUT2D eigenvalue weighted by atomic mass is 16.5. The van der Waals surface area contributed by atoms with Gasteiger partial charge in [-0.3, -0.25) is 0 Å². The molecule has 1 aromatic rings. The maximum atomic E-state index is 6.04. The van der Waals surface area contributed by atoms with Crippen molar-refractivity contribution >= 4 is 0 Å². The quantitative estimate of drug-likeness (QED) is 0.880. The molecule has 1 aliphatic carbocycles. The smallest absolute Gasteiger partial charge is 0.119 e. The van der Waals surface area contributed by atoms with E-state index < -0.39 is 0 Å². The molecule has 1 aliphatic rings. The van der Waals surface area contributed by atoms with Gasteiger partial charge in [0, 0.05) is 0 Å². The summed E-state index contributed by atoms with van der Waals surface area (Å²) in [6, 6.07) is 8.69. The Kier molecular flexibility index (Phi) is 5.32. The molecule has 0 heterocycles. The molecule has 1 saturated carbocycles. The van der Waals surface area contributed by atoms with Crippen molar-refractivity contribution in [3.05, 3.63) is 29.8 Å². The summed E-state index contributed by atoms with van der Waals surface area (Å²) in [5, 5.41) is 0. The highest BCUT2D eigenvalue weighted by molar-refractivity contribution is 5.30. The lowest BCUT2D eigenvalue weighted by Crippen LogP contribution is -2.33. The van der Waals surface area contributed by atoms with Crippen molar-refractivity contribution in [2.75, 3.05) is 13.2 Å². The molecule has 0 spiro atoms. The van der Waals surface area contributed by atoms with Crippen molar-refractivity contribution in [1.29, 1.82) is 0 Å². The van der Waals surface area contributed by atoms with Gasteiger partial charge in [0.25, 0.3) is 0 Å². The van der Waals surface area contributed by atoms with Gasteiger partial charge in [-0.05, 0) is 73.6 Å². The van der Waals surface area contributed by atoms with Crippen LogP contribution in [0.1, 0.15) is 58.4 Å².